The molecule has 0 spiro atoms. The summed E-state index contributed by atoms with van der Waals surface area (Å²) in [5.41, 5.74) is 1.07. The molecule has 3 atom stereocenters. The molecule has 1 N–H and O–H groups in total. The second kappa shape index (κ2) is 5.55. The molecule has 100 valence electrons. The van der Waals surface area contributed by atoms with Gasteiger partial charge in [0.25, 0.3) is 0 Å². The third kappa shape index (κ3) is 2.85. The molecule has 0 radical (unpaired) electrons. The summed E-state index contributed by atoms with van der Waals surface area (Å²) >= 11 is 5.86. The Labute approximate surface area is 113 Å². The first-order chi connectivity index (χ1) is 8.49. The molecule has 1 fully saturated rings. The van der Waals surface area contributed by atoms with Gasteiger partial charge in [0.05, 0.1) is 5.02 Å². The molecule has 1 aliphatic heterocycles. The lowest BCUT2D eigenvalue weighted by atomic mass is 10.0. The van der Waals surface area contributed by atoms with Gasteiger partial charge in [0.2, 0.25) is 0 Å². The number of piperazine rings is 1. The third-order valence-corrected chi connectivity index (χ3v) is 4.03. The third-order valence-electron chi connectivity index (χ3n) is 3.74. The van der Waals surface area contributed by atoms with Gasteiger partial charge in [-0.2, -0.15) is 0 Å². The maximum atomic E-state index is 13.2. The van der Waals surface area contributed by atoms with Crippen molar-refractivity contribution in [2.24, 2.45) is 0 Å². The van der Waals surface area contributed by atoms with Crippen molar-refractivity contribution < 1.29 is 4.39 Å². The van der Waals surface area contributed by atoms with Crippen LogP contribution in [0.25, 0.3) is 0 Å². The van der Waals surface area contributed by atoms with Crippen LogP contribution in [0.2, 0.25) is 5.02 Å². The minimum Gasteiger partial charge on any atom is -0.311 e. The van der Waals surface area contributed by atoms with E-state index < -0.39 is 0 Å². The van der Waals surface area contributed by atoms with Gasteiger partial charge in [0, 0.05) is 31.2 Å². The van der Waals surface area contributed by atoms with E-state index in [-0.39, 0.29) is 16.9 Å². The first-order valence-electron chi connectivity index (χ1n) is 6.43. The number of benzene rings is 1. The normalized spacial score (nSPS) is 27.2. The van der Waals surface area contributed by atoms with E-state index in [0.29, 0.717) is 12.1 Å². The Kier molecular flexibility index (Phi) is 4.25. The summed E-state index contributed by atoms with van der Waals surface area (Å²) in [6, 6.07) is 6.22. The van der Waals surface area contributed by atoms with Gasteiger partial charge in [-0.3, -0.25) is 4.90 Å². The zero-order valence-electron chi connectivity index (χ0n) is 11.1. The van der Waals surface area contributed by atoms with Gasteiger partial charge in [-0.05, 0) is 38.5 Å². The Hall–Kier alpha value is -0.640. The lowest BCUT2D eigenvalue weighted by molar-refractivity contribution is 0.103. The molecule has 2 nitrogen and oxygen atoms in total. The molecule has 3 unspecified atom stereocenters. The zero-order valence-corrected chi connectivity index (χ0v) is 11.8. The molecule has 0 aromatic heterocycles. The predicted octanol–water partition coefficient (Wildman–Crippen LogP) is 3.22. The molecular weight excluding hydrogens is 251 g/mol. The van der Waals surface area contributed by atoms with Gasteiger partial charge in [-0.25, -0.2) is 4.39 Å². The highest BCUT2D eigenvalue weighted by atomic mass is 35.5. The quantitative estimate of drug-likeness (QED) is 0.888. The fourth-order valence-electron chi connectivity index (χ4n) is 2.55. The van der Waals surface area contributed by atoms with Crippen LogP contribution < -0.4 is 5.32 Å². The molecule has 1 aromatic rings. The average molecular weight is 271 g/mol. The SMILES string of the molecule is CC1CN(C(C)c2ccc(F)c(Cl)c2)C(C)CN1. The smallest absolute Gasteiger partial charge is 0.141 e. The zero-order chi connectivity index (χ0) is 13.3. The molecule has 1 aromatic carbocycles. The summed E-state index contributed by atoms with van der Waals surface area (Å²) in [4.78, 5) is 2.44. The van der Waals surface area contributed by atoms with E-state index in [0.717, 1.165) is 18.7 Å². The fraction of sp³-hybridized carbons (Fsp3) is 0.571. The van der Waals surface area contributed by atoms with Crippen LogP contribution in [0.15, 0.2) is 18.2 Å². The number of nitrogens with zero attached hydrogens (tertiary/aromatic N) is 1. The summed E-state index contributed by atoms with van der Waals surface area (Å²) in [7, 11) is 0. The van der Waals surface area contributed by atoms with E-state index >= 15 is 0 Å². The monoisotopic (exact) mass is 270 g/mol. The molecule has 0 bridgehead atoms. The Morgan fingerprint density at radius 1 is 1.44 bits per heavy atom. The van der Waals surface area contributed by atoms with Gasteiger partial charge in [0.15, 0.2) is 0 Å². The van der Waals surface area contributed by atoms with Crippen molar-refractivity contribution in [2.75, 3.05) is 13.1 Å². The Morgan fingerprint density at radius 2 is 2.17 bits per heavy atom. The van der Waals surface area contributed by atoms with Crippen LogP contribution in [0.4, 0.5) is 4.39 Å². The summed E-state index contributed by atoms with van der Waals surface area (Å²) in [5.74, 6) is -0.352. The molecule has 0 amide bonds. The molecule has 2 rings (SSSR count). The largest absolute Gasteiger partial charge is 0.311 e. The summed E-state index contributed by atoms with van der Waals surface area (Å²) < 4.78 is 13.2. The Balaban J connectivity index is 2.18. The number of hydrogen-bond acceptors (Lipinski definition) is 2. The minimum atomic E-state index is -0.352. The highest BCUT2D eigenvalue weighted by molar-refractivity contribution is 6.30. The average Bonchev–Trinajstić information content (AvgIpc) is 2.35. The Bertz CT molecular complexity index is 424. The molecule has 4 heteroatoms. The predicted molar refractivity (Wildman–Crippen MR) is 73.5 cm³/mol. The Morgan fingerprint density at radius 3 is 2.83 bits per heavy atom. The highest BCUT2D eigenvalue weighted by Crippen LogP contribution is 2.27. The summed E-state index contributed by atoms with van der Waals surface area (Å²) in [5, 5.41) is 3.66. The molecule has 18 heavy (non-hydrogen) atoms. The summed E-state index contributed by atoms with van der Waals surface area (Å²) in [6.07, 6.45) is 0. The fourth-order valence-corrected chi connectivity index (χ4v) is 2.74. The van der Waals surface area contributed by atoms with Crippen molar-refractivity contribution in [1.29, 1.82) is 0 Å². The van der Waals surface area contributed by atoms with Crippen molar-refractivity contribution in [3.8, 4) is 0 Å². The second-order valence-electron chi connectivity index (χ2n) is 5.20. The first-order valence-corrected chi connectivity index (χ1v) is 6.81. The molecule has 1 heterocycles. The molecule has 1 aliphatic rings. The van der Waals surface area contributed by atoms with E-state index in [2.05, 4.69) is 31.0 Å². The van der Waals surface area contributed by atoms with Gasteiger partial charge in [-0.15, -0.1) is 0 Å². The van der Waals surface area contributed by atoms with E-state index in [1.807, 2.05) is 6.07 Å². The van der Waals surface area contributed by atoms with E-state index in [4.69, 9.17) is 11.6 Å². The maximum absolute atomic E-state index is 13.2. The standard InChI is InChI=1S/C14H20ClFN2/c1-9-8-18(10(2)7-17-9)11(3)12-4-5-14(16)13(15)6-12/h4-6,9-11,17H,7-8H2,1-3H3. The van der Waals surface area contributed by atoms with Crippen LogP contribution in [0, 0.1) is 5.82 Å². The molecular formula is C14H20ClFN2. The van der Waals surface area contributed by atoms with Crippen LogP contribution >= 0.6 is 11.6 Å². The van der Waals surface area contributed by atoms with Crippen molar-refractivity contribution >= 4 is 11.6 Å². The van der Waals surface area contributed by atoms with Gasteiger partial charge in [-0.1, -0.05) is 17.7 Å². The molecule has 0 saturated carbocycles. The molecule has 0 aliphatic carbocycles. The first kappa shape index (κ1) is 13.8. The summed E-state index contributed by atoms with van der Waals surface area (Å²) in [6.45, 7) is 8.53. The van der Waals surface area contributed by atoms with Crippen LogP contribution in [0.1, 0.15) is 32.4 Å². The lowest BCUT2D eigenvalue weighted by Crippen LogP contribution is -2.54. The van der Waals surface area contributed by atoms with Crippen molar-refractivity contribution in [3.05, 3.63) is 34.6 Å². The van der Waals surface area contributed by atoms with Crippen molar-refractivity contribution in [3.63, 3.8) is 0 Å². The van der Waals surface area contributed by atoms with Gasteiger partial charge >= 0.3 is 0 Å². The number of nitrogens with one attached hydrogen (secondary N) is 1. The van der Waals surface area contributed by atoms with Crippen LogP contribution in [-0.4, -0.2) is 30.1 Å². The van der Waals surface area contributed by atoms with E-state index in [1.165, 1.54) is 6.07 Å². The maximum Gasteiger partial charge on any atom is 0.141 e. The van der Waals surface area contributed by atoms with Gasteiger partial charge < -0.3 is 5.32 Å². The number of halogens is 2. The van der Waals surface area contributed by atoms with E-state index in [9.17, 15) is 4.39 Å². The molecule has 1 saturated heterocycles. The van der Waals surface area contributed by atoms with Gasteiger partial charge in [0.1, 0.15) is 5.82 Å². The van der Waals surface area contributed by atoms with Crippen molar-refractivity contribution in [2.45, 2.75) is 38.9 Å². The number of hydrogen-bond donors (Lipinski definition) is 1. The minimum absolute atomic E-state index is 0.204. The lowest BCUT2D eigenvalue weighted by Gasteiger charge is -2.41. The second-order valence-corrected chi connectivity index (χ2v) is 5.61. The topological polar surface area (TPSA) is 15.3 Å². The van der Waals surface area contributed by atoms with Crippen LogP contribution in [-0.2, 0) is 0 Å². The highest BCUT2D eigenvalue weighted by Gasteiger charge is 2.27. The number of rotatable bonds is 2. The van der Waals surface area contributed by atoms with Crippen LogP contribution in [0.3, 0.4) is 0 Å². The van der Waals surface area contributed by atoms with Crippen molar-refractivity contribution in [1.82, 2.24) is 10.2 Å². The van der Waals surface area contributed by atoms with Crippen LogP contribution in [0.5, 0.6) is 0 Å². The van der Waals surface area contributed by atoms with E-state index in [1.54, 1.807) is 6.07 Å².